The van der Waals surface area contributed by atoms with Crippen molar-refractivity contribution in [2.75, 3.05) is 0 Å². The molecule has 2 nitrogen and oxygen atoms in total. The first-order valence-electron chi connectivity index (χ1n) is 17.5. The minimum atomic E-state index is -0.322. The number of carbonyl (C=O) groups is 1. The number of aryl methyl sites for hydroxylation is 2. The Morgan fingerprint density at radius 2 is 1.78 bits per heavy atom. The minimum absolute atomic E-state index is 0.0417. The van der Waals surface area contributed by atoms with Gasteiger partial charge < -0.3 is 4.57 Å². The number of rotatable bonds is 14. The number of fused-ring (bicyclic) bond motifs is 1. The van der Waals surface area contributed by atoms with Gasteiger partial charge in [-0.3, -0.25) is 4.79 Å². The molecule has 2 fully saturated rings. The van der Waals surface area contributed by atoms with E-state index in [-0.39, 0.29) is 17.0 Å². The lowest BCUT2D eigenvalue weighted by molar-refractivity contribution is 0.103. The molecule has 0 aliphatic heterocycles. The van der Waals surface area contributed by atoms with Crippen LogP contribution in [0.1, 0.15) is 118 Å². The van der Waals surface area contributed by atoms with Crippen molar-refractivity contribution in [3.05, 3.63) is 118 Å². The SMILES string of the molecule is CCCc1cc(C(=O)c2ccc(F)cc2)ccc1CC(CC)CCCn1ccc2c(C3CC3C(C)(C)C=C3CCC3)cccc21. The molecule has 3 aromatic carbocycles. The zero-order valence-electron chi connectivity index (χ0n) is 27.7. The first kappa shape index (κ1) is 31.5. The van der Waals surface area contributed by atoms with Gasteiger partial charge in [0.1, 0.15) is 5.82 Å². The zero-order valence-corrected chi connectivity index (χ0v) is 27.7. The summed E-state index contributed by atoms with van der Waals surface area (Å²) in [6.07, 6.45) is 16.7. The minimum Gasteiger partial charge on any atom is -0.347 e. The van der Waals surface area contributed by atoms with Crippen molar-refractivity contribution < 1.29 is 9.18 Å². The van der Waals surface area contributed by atoms with E-state index in [1.54, 1.807) is 23.3 Å². The third kappa shape index (κ3) is 7.03. The molecule has 0 bridgehead atoms. The van der Waals surface area contributed by atoms with Gasteiger partial charge in [-0.05, 0) is 134 Å². The molecule has 0 spiro atoms. The molecule has 1 aromatic heterocycles. The third-order valence-corrected chi connectivity index (χ3v) is 10.8. The largest absolute Gasteiger partial charge is 0.347 e. The first-order valence-corrected chi connectivity index (χ1v) is 17.5. The molecule has 4 aromatic rings. The monoisotopic (exact) mass is 603 g/mol. The number of aromatic nitrogens is 1. The molecule has 6 rings (SSSR count). The number of hydrogen-bond acceptors (Lipinski definition) is 1. The van der Waals surface area contributed by atoms with E-state index in [9.17, 15) is 9.18 Å². The zero-order chi connectivity index (χ0) is 31.6. The van der Waals surface area contributed by atoms with Crippen molar-refractivity contribution in [3.8, 4) is 0 Å². The van der Waals surface area contributed by atoms with Crippen LogP contribution in [0.3, 0.4) is 0 Å². The molecule has 3 atom stereocenters. The molecule has 2 aliphatic carbocycles. The van der Waals surface area contributed by atoms with Crippen LogP contribution in [0, 0.1) is 23.1 Å². The lowest BCUT2D eigenvalue weighted by Crippen LogP contribution is -2.14. The van der Waals surface area contributed by atoms with Crippen molar-refractivity contribution in [1.29, 1.82) is 0 Å². The molecule has 0 radical (unpaired) electrons. The Morgan fingerprint density at radius 3 is 2.49 bits per heavy atom. The van der Waals surface area contributed by atoms with Gasteiger partial charge in [-0.25, -0.2) is 4.39 Å². The lowest BCUT2D eigenvalue weighted by Gasteiger charge is -2.26. The molecule has 0 N–H and O–H groups in total. The van der Waals surface area contributed by atoms with Crippen molar-refractivity contribution in [2.24, 2.45) is 17.3 Å². The molecular weight excluding hydrogens is 553 g/mol. The number of ketones is 1. The Hall–Kier alpha value is -3.46. The van der Waals surface area contributed by atoms with Crippen LogP contribution < -0.4 is 0 Å². The second kappa shape index (κ2) is 13.5. The fourth-order valence-corrected chi connectivity index (χ4v) is 7.83. The number of nitrogens with zero attached hydrogens (tertiary/aromatic N) is 1. The molecule has 3 heteroatoms. The summed E-state index contributed by atoms with van der Waals surface area (Å²) in [4.78, 5) is 13.1. The van der Waals surface area contributed by atoms with Gasteiger partial charge in [-0.1, -0.05) is 76.5 Å². The summed E-state index contributed by atoms with van der Waals surface area (Å²) in [6, 6.07) is 21.4. The molecule has 0 amide bonds. The predicted molar refractivity (Wildman–Crippen MR) is 185 cm³/mol. The Kier molecular flexibility index (Phi) is 9.45. The topological polar surface area (TPSA) is 22.0 Å². The van der Waals surface area contributed by atoms with Crippen LogP contribution in [0.4, 0.5) is 4.39 Å². The summed E-state index contributed by atoms with van der Waals surface area (Å²) in [5, 5.41) is 1.45. The Morgan fingerprint density at radius 1 is 1.00 bits per heavy atom. The number of allylic oxidation sites excluding steroid dienone is 2. The van der Waals surface area contributed by atoms with Crippen LogP contribution in [0.25, 0.3) is 10.9 Å². The van der Waals surface area contributed by atoms with Crippen LogP contribution in [0.15, 0.2) is 84.6 Å². The van der Waals surface area contributed by atoms with Crippen LogP contribution in [0.2, 0.25) is 0 Å². The second-order valence-corrected chi connectivity index (χ2v) is 14.4. The van der Waals surface area contributed by atoms with E-state index in [4.69, 9.17) is 0 Å². The van der Waals surface area contributed by atoms with Crippen molar-refractivity contribution >= 4 is 16.7 Å². The highest BCUT2D eigenvalue weighted by Gasteiger charge is 2.48. The molecule has 1 heterocycles. The summed E-state index contributed by atoms with van der Waals surface area (Å²) in [7, 11) is 0. The Labute approximate surface area is 269 Å². The quantitative estimate of drug-likeness (QED) is 0.104. The lowest BCUT2D eigenvalue weighted by atomic mass is 9.79. The molecular formula is C42H50FNO. The summed E-state index contributed by atoms with van der Waals surface area (Å²) >= 11 is 0. The van der Waals surface area contributed by atoms with Gasteiger partial charge in [-0.2, -0.15) is 0 Å². The summed E-state index contributed by atoms with van der Waals surface area (Å²) < 4.78 is 15.9. The standard InChI is InChI=1S/C42H50FNO/c1-5-10-32-26-34(41(45)31-18-20-35(43)21-19-31)17-16-33(32)25-29(6-2)13-9-23-44-24-22-37-36(14-8-15-40(37)44)38-27-39(38)42(3,4)28-30-11-7-12-30/h8,14-22,24,26,28-29,38-39H,5-7,9-13,23,25,27H2,1-4H3. The summed E-state index contributed by atoms with van der Waals surface area (Å²) in [5.41, 5.74) is 8.76. The molecule has 2 saturated carbocycles. The smallest absolute Gasteiger partial charge is 0.193 e. The van der Waals surface area contributed by atoms with E-state index < -0.39 is 0 Å². The summed E-state index contributed by atoms with van der Waals surface area (Å²) in [6.45, 7) is 10.4. The number of benzene rings is 3. The predicted octanol–water partition coefficient (Wildman–Crippen LogP) is 11.3. The molecule has 2 aliphatic rings. The molecule has 3 unspecified atom stereocenters. The van der Waals surface area contributed by atoms with Crippen molar-refractivity contribution in [1.82, 2.24) is 4.57 Å². The van der Waals surface area contributed by atoms with Crippen LogP contribution in [-0.4, -0.2) is 10.4 Å². The first-order chi connectivity index (χ1) is 21.8. The highest BCUT2D eigenvalue weighted by molar-refractivity contribution is 6.09. The van der Waals surface area contributed by atoms with E-state index in [1.807, 2.05) is 6.07 Å². The van der Waals surface area contributed by atoms with Crippen LogP contribution in [0.5, 0.6) is 0 Å². The van der Waals surface area contributed by atoms with Crippen molar-refractivity contribution in [3.63, 3.8) is 0 Å². The maximum atomic E-state index is 13.4. The van der Waals surface area contributed by atoms with E-state index >= 15 is 0 Å². The Balaban J connectivity index is 1.09. The van der Waals surface area contributed by atoms with Crippen molar-refractivity contribution in [2.45, 2.75) is 104 Å². The van der Waals surface area contributed by atoms with Gasteiger partial charge in [0.25, 0.3) is 0 Å². The van der Waals surface area contributed by atoms with Gasteiger partial charge in [0.2, 0.25) is 0 Å². The maximum Gasteiger partial charge on any atom is 0.193 e. The number of carbonyl (C=O) groups excluding carboxylic acids is 1. The van der Waals surface area contributed by atoms with Gasteiger partial charge in [-0.15, -0.1) is 0 Å². The van der Waals surface area contributed by atoms with Gasteiger partial charge in [0.15, 0.2) is 5.78 Å². The average Bonchev–Trinajstić information content (AvgIpc) is 3.73. The molecule has 45 heavy (non-hydrogen) atoms. The fraction of sp³-hybridized carbons (Fsp3) is 0.452. The van der Waals surface area contributed by atoms with Gasteiger partial charge in [0.05, 0.1) is 0 Å². The van der Waals surface area contributed by atoms with Crippen LogP contribution in [-0.2, 0) is 19.4 Å². The second-order valence-electron chi connectivity index (χ2n) is 14.4. The molecule has 0 saturated heterocycles. The molecule has 236 valence electrons. The van der Waals surface area contributed by atoms with Crippen LogP contribution >= 0.6 is 0 Å². The normalized spacial score (nSPS) is 18.6. The van der Waals surface area contributed by atoms with E-state index in [2.05, 4.69) is 80.9 Å². The maximum absolute atomic E-state index is 13.4. The van der Waals surface area contributed by atoms with Gasteiger partial charge >= 0.3 is 0 Å². The average molecular weight is 604 g/mol. The number of hydrogen-bond donors (Lipinski definition) is 0. The van der Waals surface area contributed by atoms with E-state index in [0.29, 0.717) is 23.0 Å². The van der Waals surface area contributed by atoms with E-state index in [1.165, 1.54) is 66.3 Å². The Bertz CT molecular complexity index is 1670. The van der Waals surface area contributed by atoms with Gasteiger partial charge in [0, 0.05) is 34.8 Å². The fourth-order valence-electron chi connectivity index (χ4n) is 7.83. The summed E-state index contributed by atoms with van der Waals surface area (Å²) in [5.74, 6) is 1.67. The highest BCUT2D eigenvalue weighted by Crippen LogP contribution is 2.59. The third-order valence-electron chi connectivity index (χ3n) is 10.8. The van der Waals surface area contributed by atoms with E-state index in [0.717, 1.165) is 44.6 Å². The number of halogens is 1. The highest BCUT2D eigenvalue weighted by atomic mass is 19.1.